The van der Waals surface area contributed by atoms with Crippen LogP contribution in [0.2, 0.25) is 0 Å². The number of carbonyl (C=O) groups excluding carboxylic acids is 1. The van der Waals surface area contributed by atoms with E-state index in [1.807, 2.05) is 0 Å². The lowest BCUT2D eigenvalue weighted by atomic mass is 10.1. The Labute approximate surface area is 287 Å². The first-order valence-electron chi connectivity index (χ1n) is 18.2. The van der Waals surface area contributed by atoms with E-state index < -0.39 is 10.4 Å². The van der Waals surface area contributed by atoms with Crippen molar-refractivity contribution in [2.75, 3.05) is 41.3 Å². The van der Waals surface area contributed by atoms with Gasteiger partial charge in [-0.3, -0.25) is 13.2 Å². The second-order valence-corrected chi connectivity index (χ2v) is 14.7. The molecule has 1 amide bonds. The Kier molecular flexibility index (Phi) is 36.6. The molecule has 3 N–H and O–H groups in total. The maximum Gasteiger partial charge on any atom is 0.217 e. The lowest BCUT2D eigenvalue weighted by Crippen LogP contribution is -2.46. The highest BCUT2D eigenvalue weighted by Crippen LogP contribution is 2.12. The Bertz CT molecular complexity index is 772. The van der Waals surface area contributed by atoms with Gasteiger partial charge >= 0.3 is 0 Å². The molecule has 0 saturated heterocycles. The van der Waals surface area contributed by atoms with Crippen molar-refractivity contribution in [1.82, 2.24) is 0 Å². The van der Waals surface area contributed by atoms with E-state index in [2.05, 4.69) is 88.8 Å². The minimum absolute atomic E-state index is 0.160. The first-order chi connectivity index (χ1) is 21.2. The average Bonchev–Trinajstić information content (AvgIpc) is 2.96. The van der Waals surface area contributed by atoms with Crippen molar-refractivity contribution in [2.45, 2.75) is 176 Å². The number of unbranched alkanes of at least 4 members (excludes halogenated alkanes) is 8. The third-order valence-corrected chi connectivity index (χ3v) is 9.19. The molecule has 3 unspecified atom stereocenters. The molecule has 3 atom stereocenters. The van der Waals surface area contributed by atoms with Crippen molar-refractivity contribution in [3.63, 3.8) is 0 Å². The van der Waals surface area contributed by atoms with Crippen LogP contribution in [-0.2, 0) is 15.2 Å². The van der Waals surface area contributed by atoms with Gasteiger partial charge in [-0.2, -0.15) is 0 Å². The molecular weight excluding hydrogens is 602 g/mol. The van der Waals surface area contributed by atoms with Crippen molar-refractivity contribution in [2.24, 2.45) is 5.73 Å². The van der Waals surface area contributed by atoms with Gasteiger partial charge in [-0.25, -0.2) is 0 Å². The number of aliphatic hydroxyl groups is 1. The van der Waals surface area contributed by atoms with Crippen LogP contribution in [0.15, 0.2) is 12.2 Å². The summed E-state index contributed by atoms with van der Waals surface area (Å²) >= 11 is 0. The van der Waals surface area contributed by atoms with Gasteiger partial charge in [0.1, 0.15) is 0 Å². The Hall–Kier alpha value is -1.04. The van der Waals surface area contributed by atoms with Crippen LogP contribution in [0, 0.1) is 0 Å². The van der Waals surface area contributed by atoms with E-state index in [0.717, 1.165) is 59.6 Å². The fourth-order valence-corrected chi connectivity index (χ4v) is 4.55. The van der Waals surface area contributed by atoms with Gasteiger partial charge in [0.15, 0.2) is 0 Å². The zero-order valence-electron chi connectivity index (χ0n) is 32.2. The fourth-order valence-electron chi connectivity index (χ4n) is 4.55. The van der Waals surface area contributed by atoms with E-state index in [0.29, 0.717) is 6.42 Å². The summed E-state index contributed by atoms with van der Waals surface area (Å²) in [5.74, 6) is -0.189. The molecule has 0 aromatic carbocycles. The monoisotopic (exact) mass is 682 g/mol. The van der Waals surface area contributed by atoms with E-state index in [1.54, 1.807) is 0 Å². The van der Waals surface area contributed by atoms with E-state index in [1.165, 1.54) is 77.3 Å². The van der Waals surface area contributed by atoms with Crippen LogP contribution in [0.3, 0.4) is 0 Å². The van der Waals surface area contributed by atoms with E-state index in [4.69, 9.17) is 23.3 Å². The SMILES string of the molecule is CCCC(C)[N+](C)(C)CC.CCCC(C)[N+](C)(C)CC.CCCCCCC(O)C/C=C\CCCCCCCC(N)=O.O=S(=O)([O-])[O-]. The second kappa shape index (κ2) is 32.5. The quantitative estimate of drug-likeness (QED) is 0.0372. The molecule has 280 valence electrons. The first-order valence-corrected chi connectivity index (χ1v) is 19.5. The maximum absolute atomic E-state index is 10.6. The number of rotatable bonds is 23. The molecule has 0 rings (SSSR count). The molecule has 46 heavy (non-hydrogen) atoms. The van der Waals surface area contributed by atoms with Crippen LogP contribution in [0.4, 0.5) is 0 Å². The number of allylic oxidation sites excluding steroid dienone is 1. The van der Waals surface area contributed by atoms with E-state index in [-0.39, 0.29) is 12.0 Å². The molecule has 0 spiro atoms. The van der Waals surface area contributed by atoms with Crippen molar-refractivity contribution in [1.29, 1.82) is 0 Å². The van der Waals surface area contributed by atoms with Gasteiger partial charge in [-0.15, -0.1) is 0 Å². The topological polar surface area (TPSA) is 144 Å². The smallest absolute Gasteiger partial charge is 0.217 e. The number of hydrogen-bond acceptors (Lipinski definition) is 6. The molecule has 0 aliphatic heterocycles. The largest absolute Gasteiger partial charge is 0.759 e. The van der Waals surface area contributed by atoms with Gasteiger partial charge in [0.05, 0.1) is 59.5 Å². The van der Waals surface area contributed by atoms with Crippen LogP contribution in [-0.4, -0.2) is 97.0 Å². The maximum atomic E-state index is 10.6. The highest BCUT2D eigenvalue weighted by Gasteiger charge is 2.20. The lowest BCUT2D eigenvalue weighted by molar-refractivity contribution is -0.911. The highest BCUT2D eigenvalue weighted by molar-refractivity contribution is 7.79. The Morgan fingerprint density at radius 2 is 1.11 bits per heavy atom. The summed E-state index contributed by atoms with van der Waals surface area (Å²) in [5, 5.41) is 9.80. The molecule has 0 aromatic heterocycles. The summed E-state index contributed by atoms with van der Waals surface area (Å²) in [7, 11) is 4.06. The van der Waals surface area contributed by atoms with Gasteiger partial charge in [-0.05, 0) is 72.6 Å². The van der Waals surface area contributed by atoms with Crippen molar-refractivity contribution in [3.05, 3.63) is 12.2 Å². The molecule has 0 bridgehead atoms. The van der Waals surface area contributed by atoms with Crippen LogP contribution >= 0.6 is 0 Å². The fraction of sp³-hybridized carbons (Fsp3) is 0.917. The summed E-state index contributed by atoms with van der Waals surface area (Å²) in [6, 6.07) is 1.63. The summed E-state index contributed by atoms with van der Waals surface area (Å²) in [4.78, 5) is 10.6. The Morgan fingerprint density at radius 3 is 1.50 bits per heavy atom. The summed E-state index contributed by atoms with van der Waals surface area (Å²) < 4.78 is 36.4. The number of primary amides is 1. The molecular formula is C36H79N3O6S. The number of nitrogens with zero attached hydrogens (tertiary/aromatic N) is 2. The zero-order valence-corrected chi connectivity index (χ0v) is 33.0. The zero-order chi connectivity index (χ0) is 36.7. The third kappa shape index (κ3) is 43.0. The van der Waals surface area contributed by atoms with Crippen LogP contribution in [0.1, 0.15) is 158 Å². The van der Waals surface area contributed by atoms with Crippen LogP contribution < -0.4 is 5.73 Å². The number of carbonyl (C=O) groups is 1. The predicted molar refractivity (Wildman–Crippen MR) is 195 cm³/mol. The van der Waals surface area contributed by atoms with Crippen LogP contribution in [0.25, 0.3) is 0 Å². The number of aliphatic hydroxyl groups excluding tert-OH is 1. The molecule has 0 heterocycles. The molecule has 9 nitrogen and oxygen atoms in total. The average molecular weight is 682 g/mol. The number of amides is 1. The molecule has 0 fully saturated rings. The number of quaternary nitrogens is 2. The molecule has 0 saturated carbocycles. The minimum Gasteiger partial charge on any atom is -0.759 e. The van der Waals surface area contributed by atoms with Crippen molar-refractivity contribution >= 4 is 16.3 Å². The minimum atomic E-state index is -5.17. The standard InChI is InChI=1S/C18H35NO2.2C9H22N.H2O4S/c1-2-3-4-11-14-17(20)15-12-9-7-5-6-8-10-13-16-18(19)21;2*1-6-8-9(3)10(4,5)7-2;1-5(2,3)4/h9,12,17,20H,2-8,10-11,13-16H2,1H3,(H2,19,21);2*9H,6-8H2,1-5H3;(H2,1,2,3,4)/q;2*+1;/p-2/b12-9-;;;. The predicted octanol–water partition coefficient (Wildman–Crippen LogP) is 7.68. The highest BCUT2D eigenvalue weighted by atomic mass is 32.3. The molecule has 10 heteroatoms. The van der Waals surface area contributed by atoms with Gasteiger partial charge in [0.25, 0.3) is 0 Å². The van der Waals surface area contributed by atoms with Crippen LogP contribution in [0.5, 0.6) is 0 Å². The number of hydrogen-bond donors (Lipinski definition) is 2. The normalized spacial score (nSPS) is 13.8. The summed E-state index contributed by atoms with van der Waals surface area (Å²) in [6.07, 6.45) is 23.4. The van der Waals surface area contributed by atoms with E-state index >= 15 is 0 Å². The Balaban J connectivity index is -0.000000293. The van der Waals surface area contributed by atoms with Crippen molar-refractivity contribution < 1.29 is 36.4 Å². The molecule has 0 aliphatic carbocycles. The lowest BCUT2D eigenvalue weighted by Gasteiger charge is -2.35. The van der Waals surface area contributed by atoms with Crippen molar-refractivity contribution in [3.8, 4) is 0 Å². The van der Waals surface area contributed by atoms with Gasteiger partial charge in [-0.1, -0.05) is 90.7 Å². The summed E-state index contributed by atoms with van der Waals surface area (Å²) in [6.45, 7) is 18.4. The molecule has 0 radical (unpaired) electrons. The third-order valence-electron chi connectivity index (χ3n) is 9.19. The van der Waals surface area contributed by atoms with Gasteiger partial charge in [0, 0.05) is 16.8 Å². The van der Waals surface area contributed by atoms with Gasteiger partial charge < -0.3 is 28.9 Å². The number of nitrogens with two attached hydrogens (primary N) is 1. The first kappa shape index (κ1) is 51.8. The second-order valence-electron chi connectivity index (χ2n) is 13.9. The Morgan fingerprint density at radius 1 is 0.696 bits per heavy atom. The molecule has 0 aromatic rings. The molecule has 0 aliphatic rings. The van der Waals surface area contributed by atoms with E-state index in [9.17, 15) is 9.90 Å². The summed E-state index contributed by atoms with van der Waals surface area (Å²) in [5.41, 5.74) is 5.09. The van der Waals surface area contributed by atoms with Gasteiger partial charge in [0.2, 0.25) is 5.91 Å².